The van der Waals surface area contributed by atoms with Crippen LogP contribution in [0.15, 0.2) is 24.3 Å². The fourth-order valence-electron chi connectivity index (χ4n) is 1.57. The fourth-order valence-corrected chi connectivity index (χ4v) is 1.57. The molecule has 1 rings (SSSR count). The highest BCUT2D eigenvalue weighted by Gasteiger charge is 2.15. The number of carbonyl (C=O) groups excluding carboxylic acids is 2. The van der Waals surface area contributed by atoms with Crippen LogP contribution in [0.2, 0.25) is 0 Å². The van der Waals surface area contributed by atoms with Crippen molar-refractivity contribution in [3.8, 4) is 11.5 Å². The highest BCUT2D eigenvalue weighted by atomic mass is 16.5. The molecule has 1 aromatic rings. The van der Waals surface area contributed by atoms with Crippen molar-refractivity contribution >= 4 is 11.8 Å². The van der Waals surface area contributed by atoms with E-state index in [0.717, 1.165) is 0 Å². The molecule has 6 heteroatoms. The van der Waals surface area contributed by atoms with E-state index in [4.69, 9.17) is 9.47 Å². The number of hydrazine groups is 1. The van der Waals surface area contributed by atoms with Gasteiger partial charge in [-0.15, -0.1) is 0 Å². The average Bonchev–Trinajstić information content (AvgIpc) is 2.44. The zero-order chi connectivity index (χ0) is 15.8. The van der Waals surface area contributed by atoms with Crippen molar-refractivity contribution in [2.24, 2.45) is 5.92 Å². The summed E-state index contributed by atoms with van der Waals surface area (Å²) in [5, 5.41) is 0. The summed E-state index contributed by atoms with van der Waals surface area (Å²) >= 11 is 0. The third kappa shape index (κ3) is 6.16. The van der Waals surface area contributed by atoms with E-state index in [2.05, 4.69) is 10.9 Å². The van der Waals surface area contributed by atoms with Crippen molar-refractivity contribution in [3.05, 3.63) is 24.3 Å². The van der Waals surface area contributed by atoms with Gasteiger partial charge < -0.3 is 9.47 Å². The van der Waals surface area contributed by atoms with Gasteiger partial charge in [0.2, 0.25) is 5.91 Å². The number of ether oxygens (including phenoxy) is 2. The van der Waals surface area contributed by atoms with Gasteiger partial charge in [-0.2, -0.15) is 0 Å². The van der Waals surface area contributed by atoms with Crippen LogP contribution in [-0.2, 0) is 9.59 Å². The molecule has 0 saturated carbocycles. The van der Waals surface area contributed by atoms with Gasteiger partial charge in [0, 0.05) is 6.42 Å². The predicted octanol–water partition coefficient (Wildman–Crippen LogP) is 1.66. The number of hydrogen-bond acceptors (Lipinski definition) is 4. The Morgan fingerprint density at radius 2 is 1.62 bits per heavy atom. The number of nitrogens with one attached hydrogen (secondary N) is 2. The molecule has 0 aliphatic carbocycles. The normalized spacial score (nSPS) is 11.7. The van der Waals surface area contributed by atoms with Crippen LogP contribution < -0.4 is 20.3 Å². The third-order valence-electron chi connectivity index (χ3n) is 2.66. The lowest BCUT2D eigenvalue weighted by Gasteiger charge is -2.15. The topological polar surface area (TPSA) is 76.7 Å². The summed E-state index contributed by atoms with van der Waals surface area (Å²) in [6.45, 7) is 5.46. The molecular weight excluding hydrogens is 272 g/mol. The molecule has 0 spiro atoms. The van der Waals surface area contributed by atoms with E-state index in [0.29, 0.717) is 17.9 Å². The molecule has 2 N–H and O–H groups in total. The largest absolute Gasteiger partial charge is 0.497 e. The first-order chi connectivity index (χ1) is 9.92. The van der Waals surface area contributed by atoms with E-state index in [9.17, 15) is 9.59 Å². The lowest BCUT2D eigenvalue weighted by atomic mass is 10.1. The van der Waals surface area contributed by atoms with Gasteiger partial charge >= 0.3 is 0 Å². The molecule has 0 bridgehead atoms. The van der Waals surface area contributed by atoms with Crippen molar-refractivity contribution in [2.45, 2.75) is 33.3 Å². The summed E-state index contributed by atoms with van der Waals surface area (Å²) in [6, 6.07) is 6.90. The Morgan fingerprint density at radius 1 is 1.05 bits per heavy atom. The van der Waals surface area contributed by atoms with Crippen LogP contribution in [-0.4, -0.2) is 25.0 Å². The molecule has 0 saturated heterocycles. The van der Waals surface area contributed by atoms with Crippen LogP contribution in [0, 0.1) is 5.92 Å². The first-order valence-corrected chi connectivity index (χ1v) is 6.81. The van der Waals surface area contributed by atoms with Crippen molar-refractivity contribution in [1.82, 2.24) is 10.9 Å². The molecule has 0 radical (unpaired) electrons. The Balaban J connectivity index is 2.41. The van der Waals surface area contributed by atoms with E-state index in [-0.39, 0.29) is 11.8 Å². The van der Waals surface area contributed by atoms with Gasteiger partial charge in [0.05, 0.1) is 7.11 Å². The molecule has 0 aromatic heterocycles. The Morgan fingerprint density at radius 3 is 2.14 bits per heavy atom. The highest BCUT2D eigenvalue weighted by Crippen LogP contribution is 2.18. The first kappa shape index (κ1) is 16.8. The third-order valence-corrected chi connectivity index (χ3v) is 2.66. The molecule has 1 unspecified atom stereocenters. The molecular formula is C15H22N2O4. The van der Waals surface area contributed by atoms with E-state index >= 15 is 0 Å². The van der Waals surface area contributed by atoms with E-state index in [1.807, 2.05) is 13.8 Å². The van der Waals surface area contributed by atoms with Gasteiger partial charge in [-0.25, -0.2) is 0 Å². The van der Waals surface area contributed by atoms with Gasteiger partial charge in [-0.3, -0.25) is 20.4 Å². The second-order valence-electron chi connectivity index (χ2n) is 5.07. The summed E-state index contributed by atoms with van der Waals surface area (Å²) in [5.74, 6) is 0.847. The van der Waals surface area contributed by atoms with Crippen LogP contribution >= 0.6 is 0 Å². The van der Waals surface area contributed by atoms with Crippen LogP contribution in [0.5, 0.6) is 11.5 Å². The minimum atomic E-state index is -0.724. The monoisotopic (exact) mass is 294 g/mol. The Bertz CT molecular complexity index is 471. The number of methoxy groups -OCH3 is 1. The minimum absolute atomic E-state index is 0.227. The van der Waals surface area contributed by atoms with Crippen LogP contribution in [0.4, 0.5) is 0 Å². The zero-order valence-electron chi connectivity index (χ0n) is 12.8. The molecule has 116 valence electrons. The molecule has 1 aromatic carbocycles. The standard InChI is InChI=1S/C15H22N2O4/c1-10(2)9-14(18)16-17-15(19)11(3)21-13-7-5-12(20-4)6-8-13/h5-8,10-11H,9H2,1-4H3,(H,16,18)(H,17,19). The summed E-state index contributed by atoms with van der Waals surface area (Å²) in [4.78, 5) is 23.2. The number of benzene rings is 1. The maximum atomic E-state index is 11.8. The summed E-state index contributed by atoms with van der Waals surface area (Å²) in [7, 11) is 1.58. The lowest BCUT2D eigenvalue weighted by molar-refractivity contribution is -0.133. The number of rotatable bonds is 6. The molecule has 0 fully saturated rings. The van der Waals surface area contributed by atoms with Crippen molar-refractivity contribution < 1.29 is 19.1 Å². The summed E-state index contributed by atoms with van der Waals surface area (Å²) in [6.07, 6.45) is -0.369. The average molecular weight is 294 g/mol. The predicted molar refractivity (Wildman–Crippen MR) is 78.8 cm³/mol. The second kappa shape index (κ2) is 8.14. The Kier molecular flexibility index (Phi) is 6.52. The van der Waals surface area contributed by atoms with E-state index in [1.54, 1.807) is 38.3 Å². The van der Waals surface area contributed by atoms with Gasteiger partial charge in [-0.1, -0.05) is 13.8 Å². The fraction of sp³-hybridized carbons (Fsp3) is 0.467. The van der Waals surface area contributed by atoms with Crippen LogP contribution in [0.25, 0.3) is 0 Å². The maximum absolute atomic E-state index is 11.8. The minimum Gasteiger partial charge on any atom is -0.497 e. The smallest absolute Gasteiger partial charge is 0.279 e. The van der Waals surface area contributed by atoms with E-state index in [1.165, 1.54) is 0 Å². The maximum Gasteiger partial charge on any atom is 0.279 e. The van der Waals surface area contributed by atoms with Gasteiger partial charge in [0.25, 0.3) is 5.91 Å². The molecule has 0 aliphatic heterocycles. The van der Waals surface area contributed by atoms with Crippen molar-refractivity contribution in [2.75, 3.05) is 7.11 Å². The molecule has 2 amide bonds. The van der Waals surface area contributed by atoms with Crippen LogP contribution in [0.3, 0.4) is 0 Å². The molecule has 1 atom stereocenters. The lowest BCUT2D eigenvalue weighted by Crippen LogP contribution is -2.47. The van der Waals surface area contributed by atoms with E-state index < -0.39 is 12.0 Å². The number of carbonyl (C=O) groups is 2. The van der Waals surface area contributed by atoms with Gasteiger partial charge in [0.15, 0.2) is 6.10 Å². The Labute approximate surface area is 124 Å². The van der Waals surface area contributed by atoms with Gasteiger partial charge in [0.1, 0.15) is 11.5 Å². The number of hydrogen-bond donors (Lipinski definition) is 2. The number of amides is 2. The van der Waals surface area contributed by atoms with Gasteiger partial charge in [-0.05, 0) is 37.1 Å². The summed E-state index contributed by atoms with van der Waals surface area (Å²) in [5.41, 5.74) is 4.70. The summed E-state index contributed by atoms with van der Waals surface area (Å²) < 4.78 is 10.5. The van der Waals surface area contributed by atoms with Crippen molar-refractivity contribution in [3.63, 3.8) is 0 Å². The molecule has 0 heterocycles. The highest BCUT2D eigenvalue weighted by molar-refractivity contribution is 5.84. The zero-order valence-corrected chi connectivity index (χ0v) is 12.8. The Hall–Kier alpha value is -2.24. The quantitative estimate of drug-likeness (QED) is 0.782. The van der Waals surface area contributed by atoms with Crippen molar-refractivity contribution in [1.29, 1.82) is 0 Å². The molecule has 6 nitrogen and oxygen atoms in total. The first-order valence-electron chi connectivity index (χ1n) is 6.81. The molecule has 21 heavy (non-hydrogen) atoms. The van der Waals surface area contributed by atoms with Crippen LogP contribution in [0.1, 0.15) is 27.2 Å². The SMILES string of the molecule is COc1ccc(OC(C)C(=O)NNC(=O)CC(C)C)cc1. The molecule has 0 aliphatic rings. The second-order valence-corrected chi connectivity index (χ2v) is 5.07.